The van der Waals surface area contributed by atoms with E-state index in [4.69, 9.17) is 15.0 Å². The number of piperazine rings is 1. The van der Waals surface area contributed by atoms with Crippen molar-refractivity contribution in [3.05, 3.63) is 16.8 Å². The van der Waals surface area contributed by atoms with Crippen LogP contribution in [0.4, 0.5) is 5.82 Å². The molecule has 0 aromatic carbocycles. The van der Waals surface area contributed by atoms with Crippen LogP contribution in [0.5, 0.6) is 0 Å². The fourth-order valence-corrected chi connectivity index (χ4v) is 6.23. The number of aryl methyl sites for hydroxylation is 1. The summed E-state index contributed by atoms with van der Waals surface area (Å²) >= 11 is 3.45. The number of rotatable bonds is 4. The molecule has 5 rings (SSSR count). The minimum Gasteiger partial charge on any atom is -0.353 e. The smallest absolute Gasteiger partial charge is 0.189 e. The number of likely N-dealkylation sites (N-methyl/N-ethyl adjacent to an activating group) is 1. The van der Waals surface area contributed by atoms with E-state index in [1.54, 1.807) is 11.8 Å². The van der Waals surface area contributed by atoms with E-state index >= 15 is 0 Å². The zero-order chi connectivity index (χ0) is 20.1. The van der Waals surface area contributed by atoms with Crippen molar-refractivity contribution in [2.24, 2.45) is 5.92 Å². The molecule has 0 bridgehead atoms. The summed E-state index contributed by atoms with van der Waals surface area (Å²) in [7, 11) is 2.20. The summed E-state index contributed by atoms with van der Waals surface area (Å²) in [5.74, 6) is 1.75. The quantitative estimate of drug-likeness (QED) is 0.454. The molecular formula is C22H29N5S2. The lowest BCUT2D eigenvalue weighted by Crippen LogP contribution is -2.44. The third kappa shape index (κ3) is 3.41. The Morgan fingerprint density at radius 1 is 1.03 bits per heavy atom. The second-order valence-electron chi connectivity index (χ2n) is 8.75. The molecule has 3 aromatic heterocycles. The monoisotopic (exact) mass is 427 g/mol. The van der Waals surface area contributed by atoms with Crippen molar-refractivity contribution in [2.45, 2.75) is 44.7 Å². The van der Waals surface area contributed by atoms with Gasteiger partial charge >= 0.3 is 0 Å². The van der Waals surface area contributed by atoms with Gasteiger partial charge in [-0.1, -0.05) is 25.6 Å². The Labute approximate surface area is 180 Å². The zero-order valence-corrected chi connectivity index (χ0v) is 19.4. The number of hydrogen-bond acceptors (Lipinski definition) is 7. The molecule has 0 radical (unpaired) electrons. The molecule has 1 fully saturated rings. The van der Waals surface area contributed by atoms with Crippen molar-refractivity contribution in [1.82, 2.24) is 19.9 Å². The maximum atomic E-state index is 5.20. The first-order valence-electron chi connectivity index (χ1n) is 10.7. The first-order chi connectivity index (χ1) is 14.0. The summed E-state index contributed by atoms with van der Waals surface area (Å²) in [6.07, 6.45) is 6.72. The second kappa shape index (κ2) is 7.67. The van der Waals surface area contributed by atoms with Gasteiger partial charge in [0.1, 0.15) is 4.83 Å². The lowest BCUT2D eigenvalue weighted by Gasteiger charge is -2.33. The Morgan fingerprint density at radius 3 is 2.52 bits per heavy atom. The van der Waals surface area contributed by atoms with Gasteiger partial charge in [0.15, 0.2) is 11.0 Å². The average Bonchev–Trinajstić information content (AvgIpc) is 3.31. The predicted molar refractivity (Wildman–Crippen MR) is 125 cm³/mol. The van der Waals surface area contributed by atoms with Crippen LogP contribution in [-0.4, -0.2) is 59.3 Å². The molecule has 4 heterocycles. The van der Waals surface area contributed by atoms with Crippen molar-refractivity contribution >= 4 is 49.3 Å². The topological polar surface area (TPSA) is 45.2 Å². The molecule has 0 unspecified atom stereocenters. The van der Waals surface area contributed by atoms with Crippen LogP contribution >= 0.6 is 23.1 Å². The molecule has 0 amide bonds. The molecule has 154 valence electrons. The number of pyridine rings is 1. The number of anilines is 1. The summed E-state index contributed by atoms with van der Waals surface area (Å²) in [4.78, 5) is 21.2. The van der Waals surface area contributed by atoms with Gasteiger partial charge in [-0.25, -0.2) is 15.0 Å². The van der Waals surface area contributed by atoms with Crippen molar-refractivity contribution in [1.29, 1.82) is 0 Å². The molecule has 1 saturated heterocycles. The molecule has 1 aliphatic carbocycles. The molecular weight excluding hydrogens is 398 g/mol. The largest absolute Gasteiger partial charge is 0.353 e. The minimum atomic E-state index is 0.628. The Kier molecular flexibility index (Phi) is 5.16. The third-order valence-corrected chi connectivity index (χ3v) is 7.78. The van der Waals surface area contributed by atoms with Crippen LogP contribution in [0.15, 0.2) is 5.16 Å². The molecule has 0 N–H and O–H groups in total. The highest BCUT2D eigenvalue weighted by Gasteiger charge is 2.27. The second-order valence-corrected chi connectivity index (χ2v) is 10.5. The number of fused-ring (bicyclic) bond motifs is 5. The Hall–Kier alpha value is -1.44. The number of aromatic nitrogens is 3. The van der Waals surface area contributed by atoms with Crippen LogP contribution in [0, 0.1) is 5.92 Å². The van der Waals surface area contributed by atoms with E-state index in [0.717, 1.165) is 55.5 Å². The highest BCUT2D eigenvalue weighted by molar-refractivity contribution is 7.98. The van der Waals surface area contributed by atoms with E-state index in [0.29, 0.717) is 5.92 Å². The van der Waals surface area contributed by atoms with E-state index in [1.165, 1.54) is 44.6 Å². The van der Waals surface area contributed by atoms with E-state index < -0.39 is 0 Å². The first kappa shape index (κ1) is 19.5. The summed E-state index contributed by atoms with van der Waals surface area (Å²) < 4.78 is 1.23. The number of thiophene rings is 1. The fourth-order valence-electron chi connectivity index (χ4n) is 4.69. The van der Waals surface area contributed by atoms with E-state index in [2.05, 4.69) is 37.0 Å². The molecule has 3 aromatic rings. The number of nitrogens with zero attached hydrogens (tertiary/aromatic N) is 5. The van der Waals surface area contributed by atoms with Crippen LogP contribution in [0.2, 0.25) is 0 Å². The van der Waals surface area contributed by atoms with Gasteiger partial charge in [0.25, 0.3) is 0 Å². The zero-order valence-electron chi connectivity index (χ0n) is 17.8. The van der Waals surface area contributed by atoms with Crippen LogP contribution in [0.3, 0.4) is 0 Å². The first-order valence-corrected chi connectivity index (χ1v) is 12.7. The van der Waals surface area contributed by atoms with Gasteiger partial charge in [0.05, 0.1) is 10.2 Å². The molecule has 29 heavy (non-hydrogen) atoms. The number of thioether (sulfide) groups is 1. The Morgan fingerprint density at radius 2 is 1.79 bits per heavy atom. The van der Waals surface area contributed by atoms with Crippen LogP contribution in [0.1, 0.15) is 37.1 Å². The predicted octanol–water partition coefficient (Wildman–Crippen LogP) is 4.40. The van der Waals surface area contributed by atoms with Gasteiger partial charge < -0.3 is 9.80 Å². The molecule has 2 aliphatic rings. The highest BCUT2D eigenvalue weighted by atomic mass is 32.2. The molecule has 0 spiro atoms. The molecule has 7 heteroatoms. The van der Waals surface area contributed by atoms with E-state index in [-0.39, 0.29) is 0 Å². The standard InChI is InChI=1S/C22H29N5S2/c1-13(2)12-16-14-6-5-7-15(14)17-18-19(29-21(17)23-16)20(25-22(24-18)28-4)27-10-8-26(3)9-11-27/h13H,5-12H2,1-4H3. The summed E-state index contributed by atoms with van der Waals surface area (Å²) in [6, 6.07) is 0. The van der Waals surface area contributed by atoms with Gasteiger partial charge in [-0.2, -0.15) is 0 Å². The molecule has 0 saturated carbocycles. The molecule has 0 atom stereocenters. The van der Waals surface area contributed by atoms with Crippen LogP contribution in [-0.2, 0) is 19.3 Å². The third-order valence-electron chi connectivity index (χ3n) is 6.17. The van der Waals surface area contributed by atoms with E-state index in [1.807, 2.05) is 11.3 Å². The van der Waals surface area contributed by atoms with Crippen LogP contribution in [0.25, 0.3) is 20.4 Å². The van der Waals surface area contributed by atoms with Gasteiger partial charge in [0, 0.05) is 37.3 Å². The Bertz CT molecular complexity index is 1070. The minimum absolute atomic E-state index is 0.628. The van der Waals surface area contributed by atoms with Crippen molar-refractivity contribution < 1.29 is 0 Å². The average molecular weight is 428 g/mol. The maximum Gasteiger partial charge on any atom is 0.189 e. The van der Waals surface area contributed by atoms with E-state index in [9.17, 15) is 0 Å². The lowest BCUT2D eigenvalue weighted by molar-refractivity contribution is 0.312. The lowest BCUT2D eigenvalue weighted by atomic mass is 9.99. The van der Waals surface area contributed by atoms with Gasteiger partial charge in [0.2, 0.25) is 0 Å². The summed E-state index contributed by atoms with van der Waals surface area (Å²) in [5, 5.41) is 2.20. The molecule has 1 aliphatic heterocycles. The summed E-state index contributed by atoms with van der Waals surface area (Å²) in [6.45, 7) is 8.79. The number of hydrogen-bond donors (Lipinski definition) is 0. The maximum absolute atomic E-state index is 5.20. The Balaban J connectivity index is 1.74. The van der Waals surface area contributed by atoms with Crippen LogP contribution < -0.4 is 4.90 Å². The van der Waals surface area contributed by atoms with Gasteiger partial charge in [-0.3, -0.25) is 0 Å². The van der Waals surface area contributed by atoms with Crippen molar-refractivity contribution in [2.75, 3.05) is 44.4 Å². The summed E-state index contributed by atoms with van der Waals surface area (Å²) in [5.41, 5.74) is 5.49. The molecule has 5 nitrogen and oxygen atoms in total. The van der Waals surface area contributed by atoms with Gasteiger partial charge in [-0.15, -0.1) is 11.3 Å². The van der Waals surface area contributed by atoms with Gasteiger partial charge in [-0.05, 0) is 56.0 Å². The van der Waals surface area contributed by atoms with Crippen molar-refractivity contribution in [3.63, 3.8) is 0 Å². The normalized spacial score (nSPS) is 17.8. The van der Waals surface area contributed by atoms with Crippen molar-refractivity contribution in [3.8, 4) is 0 Å². The highest BCUT2D eigenvalue weighted by Crippen LogP contribution is 2.43. The fraction of sp³-hybridized carbons (Fsp3) is 0.591. The SMILES string of the molecule is CSc1nc(N2CCN(C)CC2)c2sc3nc(CC(C)C)c4c(c3c2n1)CCC4.